The van der Waals surface area contributed by atoms with Crippen molar-refractivity contribution in [2.24, 2.45) is 0 Å². The number of hydrogen-bond donors (Lipinski definition) is 0. The molecule has 0 aliphatic carbocycles. The number of rotatable bonds is 2. The summed E-state index contributed by atoms with van der Waals surface area (Å²) in [7, 11) is 0. The minimum atomic E-state index is 0.978. The molecule has 0 saturated heterocycles. The molecule has 3 rings (SSSR count). The van der Waals surface area contributed by atoms with E-state index in [1.54, 1.807) is 0 Å². The maximum absolute atomic E-state index is 4.73. The third-order valence-corrected chi connectivity index (χ3v) is 3.61. The van der Waals surface area contributed by atoms with E-state index in [4.69, 9.17) is 4.98 Å². The van der Waals surface area contributed by atoms with Gasteiger partial charge in [0.25, 0.3) is 0 Å². The van der Waals surface area contributed by atoms with Crippen LogP contribution in [0.15, 0.2) is 36.8 Å². The Morgan fingerprint density at radius 1 is 1.10 bits per heavy atom. The lowest BCUT2D eigenvalue weighted by molar-refractivity contribution is 1.11. The molecular weight excluding hydrogens is 246 g/mol. The van der Waals surface area contributed by atoms with Crippen LogP contribution in [0.2, 0.25) is 0 Å². The summed E-state index contributed by atoms with van der Waals surface area (Å²) in [6, 6.07) is 6.30. The minimum Gasteiger partial charge on any atom is -0.264 e. The van der Waals surface area contributed by atoms with Crippen molar-refractivity contribution in [3.05, 3.63) is 53.7 Å². The van der Waals surface area contributed by atoms with Gasteiger partial charge in [0.05, 0.1) is 5.69 Å². The number of pyridine rings is 3. The van der Waals surface area contributed by atoms with Gasteiger partial charge in [-0.1, -0.05) is 6.92 Å². The number of aromatic nitrogens is 3. The van der Waals surface area contributed by atoms with Crippen LogP contribution >= 0.6 is 0 Å². The van der Waals surface area contributed by atoms with Crippen LogP contribution in [0.5, 0.6) is 0 Å². The zero-order valence-corrected chi connectivity index (χ0v) is 12.0. The van der Waals surface area contributed by atoms with Crippen molar-refractivity contribution in [1.29, 1.82) is 0 Å². The lowest BCUT2D eigenvalue weighted by Gasteiger charge is -2.10. The minimum absolute atomic E-state index is 0.978. The van der Waals surface area contributed by atoms with Gasteiger partial charge in [0, 0.05) is 40.9 Å². The average Bonchev–Trinajstić information content (AvgIpc) is 2.46. The van der Waals surface area contributed by atoms with Crippen molar-refractivity contribution in [3.8, 4) is 11.3 Å². The SMILES string of the molecule is CCc1ccncc1-c1cc2cc(C)ncc2c(C)n1. The molecule has 3 heterocycles. The number of nitrogens with zero attached hydrogens (tertiary/aromatic N) is 3. The summed E-state index contributed by atoms with van der Waals surface area (Å²) >= 11 is 0. The summed E-state index contributed by atoms with van der Waals surface area (Å²) in [5, 5.41) is 2.30. The molecule has 3 aromatic rings. The predicted molar refractivity (Wildman–Crippen MR) is 81.6 cm³/mol. The molecule has 0 aromatic carbocycles. The Morgan fingerprint density at radius 3 is 2.75 bits per heavy atom. The van der Waals surface area contributed by atoms with E-state index in [0.717, 1.165) is 34.5 Å². The Bertz CT molecular complexity index is 778. The molecule has 0 atom stereocenters. The first kappa shape index (κ1) is 12.7. The van der Waals surface area contributed by atoms with Gasteiger partial charge in [-0.2, -0.15) is 0 Å². The van der Waals surface area contributed by atoms with Gasteiger partial charge in [-0.3, -0.25) is 15.0 Å². The summed E-state index contributed by atoms with van der Waals surface area (Å²) in [6.45, 7) is 6.20. The standard InChI is InChI=1S/C17H17N3/c1-4-13-5-6-18-9-16(13)17-8-14-7-11(2)19-10-15(14)12(3)20-17/h5-10H,4H2,1-3H3. The zero-order valence-electron chi connectivity index (χ0n) is 12.0. The third kappa shape index (κ3) is 2.16. The van der Waals surface area contributed by atoms with Crippen molar-refractivity contribution in [2.75, 3.05) is 0 Å². The maximum atomic E-state index is 4.73. The lowest BCUT2D eigenvalue weighted by Crippen LogP contribution is -1.95. The molecule has 0 bridgehead atoms. The summed E-state index contributed by atoms with van der Waals surface area (Å²) in [4.78, 5) is 13.3. The van der Waals surface area contributed by atoms with E-state index in [0.29, 0.717) is 0 Å². The number of fused-ring (bicyclic) bond motifs is 1. The van der Waals surface area contributed by atoms with Crippen molar-refractivity contribution < 1.29 is 0 Å². The molecule has 3 heteroatoms. The Morgan fingerprint density at radius 2 is 1.95 bits per heavy atom. The molecule has 0 amide bonds. The quantitative estimate of drug-likeness (QED) is 0.704. The van der Waals surface area contributed by atoms with Crippen molar-refractivity contribution in [3.63, 3.8) is 0 Å². The second-order valence-corrected chi connectivity index (χ2v) is 5.03. The highest BCUT2D eigenvalue weighted by Gasteiger charge is 2.09. The van der Waals surface area contributed by atoms with Gasteiger partial charge >= 0.3 is 0 Å². The van der Waals surface area contributed by atoms with Gasteiger partial charge in [-0.25, -0.2) is 0 Å². The van der Waals surface area contributed by atoms with Gasteiger partial charge < -0.3 is 0 Å². The molecule has 20 heavy (non-hydrogen) atoms. The highest BCUT2D eigenvalue weighted by Crippen LogP contribution is 2.26. The van der Waals surface area contributed by atoms with Crippen molar-refractivity contribution in [1.82, 2.24) is 15.0 Å². The van der Waals surface area contributed by atoms with E-state index in [-0.39, 0.29) is 0 Å². The fourth-order valence-electron chi connectivity index (χ4n) is 2.52. The van der Waals surface area contributed by atoms with Gasteiger partial charge in [0.15, 0.2) is 0 Å². The smallest absolute Gasteiger partial charge is 0.0729 e. The fourth-order valence-corrected chi connectivity index (χ4v) is 2.52. The fraction of sp³-hybridized carbons (Fsp3) is 0.235. The molecule has 0 radical (unpaired) electrons. The molecule has 0 aliphatic rings. The van der Waals surface area contributed by atoms with Gasteiger partial charge in [-0.05, 0) is 49.4 Å². The Hall–Kier alpha value is -2.29. The first-order valence-electron chi connectivity index (χ1n) is 6.86. The number of aryl methyl sites for hydroxylation is 3. The van der Waals surface area contributed by atoms with E-state index in [1.807, 2.05) is 32.4 Å². The zero-order chi connectivity index (χ0) is 14.1. The largest absolute Gasteiger partial charge is 0.264 e. The van der Waals surface area contributed by atoms with Crippen molar-refractivity contribution in [2.45, 2.75) is 27.2 Å². The summed E-state index contributed by atoms with van der Waals surface area (Å²) in [5.41, 5.74) is 5.42. The molecule has 0 unspecified atom stereocenters. The van der Waals surface area contributed by atoms with Gasteiger partial charge in [0.2, 0.25) is 0 Å². The van der Waals surface area contributed by atoms with Crippen LogP contribution in [0.3, 0.4) is 0 Å². The van der Waals surface area contributed by atoms with Crippen LogP contribution in [0.4, 0.5) is 0 Å². The predicted octanol–water partition coefficient (Wildman–Crippen LogP) is 3.87. The van der Waals surface area contributed by atoms with Crippen LogP contribution < -0.4 is 0 Å². The highest BCUT2D eigenvalue weighted by molar-refractivity contribution is 5.87. The molecule has 3 nitrogen and oxygen atoms in total. The van der Waals surface area contributed by atoms with Crippen LogP contribution in [0.25, 0.3) is 22.0 Å². The molecule has 0 aliphatic heterocycles. The maximum Gasteiger partial charge on any atom is 0.0729 e. The summed E-state index contributed by atoms with van der Waals surface area (Å²) in [5.74, 6) is 0. The van der Waals surface area contributed by atoms with Crippen LogP contribution in [0, 0.1) is 13.8 Å². The Labute approximate surface area is 118 Å². The first-order valence-corrected chi connectivity index (χ1v) is 6.86. The van der Waals surface area contributed by atoms with Gasteiger partial charge in [0.1, 0.15) is 0 Å². The van der Waals surface area contributed by atoms with E-state index < -0.39 is 0 Å². The summed E-state index contributed by atoms with van der Waals surface area (Å²) in [6.07, 6.45) is 6.62. The highest BCUT2D eigenvalue weighted by atomic mass is 14.7. The molecule has 0 fully saturated rings. The van der Waals surface area contributed by atoms with E-state index in [9.17, 15) is 0 Å². The van der Waals surface area contributed by atoms with E-state index in [1.165, 1.54) is 10.9 Å². The van der Waals surface area contributed by atoms with Gasteiger partial charge in [-0.15, -0.1) is 0 Å². The second kappa shape index (κ2) is 5.00. The molecule has 0 saturated carbocycles. The van der Waals surface area contributed by atoms with E-state index in [2.05, 4.69) is 35.1 Å². The molecule has 0 spiro atoms. The van der Waals surface area contributed by atoms with Crippen molar-refractivity contribution >= 4 is 10.8 Å². The summed E-state index contributed by atoms with van der Waals surface area (Å²) < 4.78 is 0. The average molecular weight is 263 g/mol. The molecule has 3 aromatic heterocycles. The topological polar surface area (TPSA) is 38.7 Å². The first-order chi connectivity index (χ1) is 9.69. The Balaban J connectivity index is 2.26. The molecular formula is C17H17N3. The Kier molecular flexibility index (Phi) is 3.18. The van der Waals surface area contributed by atoms with Crippen LogP contribution in [-0.2, 0) is 6.42 Å². The third-order valence-electron chi connectivity index (χ3n) is 3.61. The normalized spacial score (nSPS) is 10.9. The second-order valence-electron chi connectivity index (χ2n) is 5.03. The van der Waals surface area contributed by atoms with E-state index >= 15 is 0 Å². The molecule has 100 valence electrons. The monoisotopic (exact) mass is 263 g/mol. The lowest BCUT2D eigenvalue weighted by atomic mass is 10.0. The number of hydrogen-bond acceptors (Lipinski definition) is 3. The van der Waals surface area contributed by atoms with Crippen LogP contribution in [-0.4, -0.2) is 15.0 Å². The van der Waals surface area contributed by atoms with Crippen LogP contribution in [0.1, 0.15) is 23.9 Å². The molecule has 0 N–H and O–H groups in total.